The molecule has 4 heteroatoms. The molecule has 0 bridgehead atoms. The third kappa shape index (κ3) is 3.28. The number of hydrogen-bond donors (Lipinski definition) is 0. The molecule has 128 valence electrons. The van der Waals surface area contributed by atoms with Gasteiger partial charge in [-0.1, -0.05) is 30.3 Å². The van der Waals surface area contributed by atoms with E-state index in [1.54, 1.807) is 29.2 Å². The molecule has 2 aromatic carbocycles. The quantitative estimate of drug-likeness (QED) is 0.822. The Morgan fingerprint density at radius 2 is 1.64 bits per heavy atom. The molecule has 0 radical (unpaired) electrons. The number of nitriles is 1. The van der Waals surface area contributed by atoms with Gasteiger partial charge in [0, 0.05) is 31.5 Å². The number of halogens is 1. The molecule has 25 heavy (non-hydrogen) atoms. The Balaban J connectivity index is 1.75. The van der Waals surface area contributed by atoms with Crippen LogP contribution in [0.25, 0.3) is 0 Å². The Bertz CT molecular complexity index is 808. The van der Waals surface area contributed by atoms with E-state index >= 15 is 4.39 Å². The van der Waals surface area contributed by atoms with Gasteiger partial charge in [0.1, 0.15) is 5.67 Å². The molecular formula is C21H21FN2O. The Kier molecular flexibility index (Phi) is 4.59. The molecule has 0 spiro atoms. The molecule has 0 unspecified atom stereocenters. The topological polar surface area (TPSA) is 44.1 Å². The lowest BCUT2D eigenvalue weighted by Gasteiger charge is -2.37. The lowest BCUT2D eigenvalue weighted by Crippen LogP contribution is -2.43. The number of alkyl halides is 1. The smallest absolute Gasteiger partial charge is 0.254 e. The van der Waals surface area contributed by atoms with E-state index in [2.05, 4.69) is 0 Å². The number of benzene rings is 2. The highest BCUT2D eigenvalue weighted by molar-refractivity contribution is 5.97. The molecule has 1 fully saturated rings. The van der Waals surface area contributed by atoms with Gasteiger partial charge in [-0.2, -0.15) is 5.26 Å². The number of carbonyl (C=O) groups excluding carboxylic acids is 1. The molecule has 0 aromatic heterocycles. The summed E-state index contributed by atoms with van der Waals surface area (Å²) in [6.45, 7) is 4.65. The van der Waals surface area contributed by atoms with Crippen LogP contribution in [0, 0.1) is 25.2 Å². The van der Waals surface area contributed by atoms with Crippen molar-refractivity contribution in [2.45, 2.75) is 32.4 Å². The van der Waals surface area contributed by atoms with Crippen LogP contribution in [0.5, 0.6) is 0 Å². The van der Waals surface area contributed by atoms with Crippen LogP contribution in [0.1, 0.15) is 45.5 Å². The van der Waals surface area contributed by atoms with Crippen molar-refractivity contribution in [1.29, 1.82) is 5.26 Å². The average Bonchev–Trinajstić information content (AvgIpc) is 2.62. The standard InChI is InChI=1S/C21H21FN2O/c1-15-4-3-5-16(2)19(15)20(25)24-12-10-21(22,11-13-24)18-8-6-17(14-23)7-9-18/h3-9H,10-13H2,1-2H3. The minimum Gasteiger partial charge on any atom is -0.338 e. The van der Waals surface area contributed by atoms with Gasteiger partial charge in [0.25, 0.3) is 5.91 Å². The van der Waals surface area contributed by atoms with Crippen LogP contribution < -0.4 is 0 Å². The van der Waals surface area contributed by atoms with E-state index in [-0.39, 0.29) is 18.7 Å². The van der Waals surface area contributed by atoms with E-state index in [4.69, 9.17) is 5.26 Å². The zero-order valence-corrected chi connectivity index (χ0v) is 14.6. The molecule has 3 nitrogen and oxygen atoms in total. The predicted molar refractivity (Wildman–Crippen MR) is 95.0 cm³/mol. The van der Waals surface area contributed by atoms with Crippen LogP contribution in [0.15, 0.2) is 42.5 Å². The maximum absolute atomic E-state index is 15.3. The van der Waals surface area contributed by atoms with Gasteiger partial charge in [-0.3, -0.25) is 4.79 Å². The van der Waals surface area contributed by atoms with Gasteiger partial charge < -0.3 is 4.90 Å². The summed E-state index contributed by atoms with van der Waals surface area (Å²) < 4.78 is 15.3. The van der Waals surface area contributed by atoms with E-state index in [9.17, 15) is 4.79 Å². The first-order chi connectivity index (χ1) is 11.9. The van der Waals surface area contributed by atoms with E-state index < -0.39 is 5.67 Å². The molecule has 2 aromatic rings. The van der Waals surface area contributed by atoms with Gasteiger partial charge in [-0.05, 0) is 42.7 Å². The molecular weight excluding hydrogens is 315 g/mol. The summed E-state index contributed by atoms with van der Waals surface area (Å²) in [6, 6.07) is 14.5. The normalized spacial score (nSPS) is 16.3. The highest BCUT2D eigenvalue weighted by Gasteiger charge is 2.38. The fraction of sp³-hybridized carbons (Fsp3) is 0.333. The van der Waals surface area contributed by atoms with E-state index in [0.29, 0.717) is 24.2 Å². The predicted octanol–water partition coefficient (Wildman–Crippen LogP) is 4.28. The number of hydrogen-bond acceptors (Lipinski definition) is 2. The number of rotatable bonds is 2. The monoisotopic (exact) mass is 336 g/mol. The molecule has 1 aliphatic rings. The van der Waals surface area contributed by atoms with Crippen molar-refractivity contribution < 1.29 is 9.18 Å². The molecule has 0 saturated carbocycles. The second-order valence-electron chi connectivity index (χ2n) is 6.71. The van der Waals surface area contributed by atoms with Crippen LogP contribution in [0.4, 0.5) is 4.39 Å². The van der Waals surface area contributed by atoms with Crippen molar-refractivity contribution in [2.24, 2.45) is 0 Å². The minimum absolute atomic E-state index is 0.0162. The third-order valence-corrected chi connectivity index (χ3v) is 5.07. The van der Waals surface area contributed by atoms with Crippen molar-refractivity contribution in [2.75, 3.05) is 13.1 Å². The summed E-state index contributed by atoms with van der Waals surface area (Å²) in [7, 11) is 0. The van der Waals surface area contributed by atoms with Gasteiger partial charge >= 0.3 is 0 Å². The van der Waals surface area contributed by atoms with Crippen molar-refractivity contribution in [3.05, 3.63) is 70.3 Å². The van der Waals surface area contributed by atoms with Crippen molar-refractivity contribution in [3.63, 3.8) is 0 Å². The van der Waals surface area contributed by atoms with E-state index in [1.807, 2.05) is 38.1 Å². The highest BCUT2D eigenvalue weighted by atomic mass is 19.1. The third-order valence-electron chi connectivity index (χ3n) is 5.07. The minimum atomic E-state index is -1.44. The van der Waals surface area contributed by atoms with Crippen LogP contribution >= 0.6 is 0 Å². The summed E-state index contributed by atoms with van der Waals surface area (Å²) in [5.41, 5.74) is 2.31. The SMILES string of the molecule is Cc1cccc(C)c1C(=O)N1CCC(F)(c2ccc(C#N)cc2)CC1. The molecule has 0 N–H and O–H groups in total. The lowest BCUT2D eigenvalue weighted by atomic mass is 9.85. The number of piperidine rings is 1. The summed E-state index contributed by atoms with van der Waals surface area (Å²) in [6.07, 6.45) is 0.547. The molecule has 0 atom stereocenters. The summed E-state index contributed by atoms with van der Waals surface area (Å²) in [5.74, 6) is -0.0162. The zero-order chi connectivity index (χ0) is 18.0. The van der Waals surface area contributed by atoms with Gasteiger partial charge in [0.2, 0.25) is 0 Å². The van der Waals surface area contributed by atoms with Crippen LogP contribution in [-0.4, -0.2) is 23.9 Å². The van der Waals surface area contributed by atoms with Gasteiger partial charge in [-0.25, -0.2) is 4.39 Å². The van der Waals surface area contributed by atoms with E-state index in [1.165, 1.54) is 0 Å². The number of amides is 1. The van der Waals surface area contributed by atoms with Crippen molar-refractivity contribution in [1.82, 2.24) is 4.90 Å². The molecule has 3 rings (SSSR count). The van der Waals surface area contributed by atoms with Crippen LogP contribution in [0.3, 0.4) is 0 Å². The fourth-order valence-corrected chi connectivity index (χ4v) is 3.51. The van der Waals surface area contributed by atoms with Crippen LogP contribution in [-0.2, 0) is 5.67 Å². The molecule has 1 saturated heterocycles. The number of nitrogens with zero attached hydrogens (tertiary/aromatic N) is 2. The second-order valence-corrected chi connectivity index (χ2v) is 6.71. The van der Waals surface area contributed by atoms with Crippen molar-refractivity contribution in [3.8, 4) is 6.07 Å². The molecule has 1 heterocycles. The first-order valence-corrected chi connectivity index (χ1v) is 8.50. The maximum Gasteiger partial charge on any atom is 0.254 e. The summed E-state index contributed by atoms with van der Waals surface area (Å²) in [4.78, 5) is 14.6. The van der Waals surface area contributed by atoms with Gasteiger partial charge in [0.15, 0.2) is 0 Å². The Morgan fingerprint density at radius 1 is 1.08 bits per heavy atom. The Labute approximate surface area is 147 Å². The number of aryl methyl sites for hydroxylation is 2. The van der Waals surface area contributed by atoms with Gasteiger partial charge in [-0.15, -0.1) is 0 Å². The number of carbonyl (C=O) groups is 1. The molecule has 1 aliphatic heterocycles. The number of likely N-dealkylation sites (tertiary alicyclic amines) is 1. The Hall–Kier alpha value is -2.67. The van der Waals surface area contributed by atoms with Crippen molar-refractivity contribution >= 4 is 5.91 Å². The maximum atomic E-state index is 15.3. The molecule has 0 aliphatic carbocycles. The second kappa shape index (κ2) is 6.68. The summed E-state index contributed by atoms with van der Waals surface area (Å²) in [5, 5.41) is 8.86. The largest absolute Gasteiger partial charge is 0.338 e. The van der Waals surface area contributed by atoms with E-state index in [0.717, 1.165) is 16.7 Å². The van der Waals surface area contributed by atoms with Crippen LogP contribution in [0.2, 0.25) is 0 Å². The average molecular weight is 336 g/mol. The molecule has 1 amide bonds. The van der Waals surface area contributed by atoms with Gasteiger partial charge in [0.05, 0.1) is 11.6 Å². The Morgan fingerprint density at radius 3 is 2.16 bits per heavy atom. The highest BCUT2D eigenvalue weighted by Crippen LogP contribution is 2.37. The summed E-state index contributed by atoms with van der Waals surface area (Å²) >= 11 is 0. The first kappa shape index (κ1) is 17.2. The fourth-order valence-electron chi connectivity index (χ4n) is 3.51. The lowest BCUT2D eigenvalue weighted by molar-refractivity contribution is 0.0420. The first-order valence-electron chi connectivity index (χ1n) is 8.50. The zero-order valence-electron chi connectivity index (χ0n) is 14.6.